The molecule has 1 unspecified atom stereocenters. The van der Waals surface area contributed by atoms with Crippen LogP contribution in [0, 0.1) is 12.8 Å². The molecule has 11 heteroatoms. The second kappa shape index (κ2) is 11.6. The van der Waals surface area contributed by atoms with E-state index in [9.17, 15) is 14.4 Å². The molecule has 11 nitrogen and oxygen atoms in total. The van der Waals surface area contributed by atoms with Gasteiger partial charge in [0.05, 0.1) is 47.5 Å². The summed E-state index contributed by atoms with van der Waals surface area (Å²) < 4.78 is 7.27. The number of carbonyl (C=O) groups is 3. The SMILES string of the molecule is Cc1nn(-c2ccc(C(N)=O)c(NC3CCN(C(C)C(=O)N4CCOCC4)CC3)c2)c2c1C(=O)N(CC1CC1)C(C)(C)C2. The van der Waals surface area contributed by atoms with Gasteiger partial charge in [-0.25, -0.2) is 4.68 Å². The molecule has 43 heavy (non-hydrogen) atoms. The summed E-state index contributed by atoms with van der Waals surface area (Å²) in [6.45, 7) is 13.0. The van der Waals surface area contributed by atoms with Crippen molar-refractivity contribution >= 4 is 23.4 Å². The summed E-state index contributed by atoms with van der Waals surface area (Å²) in [6.07, 6.45) is 4.74. The van der Waals surface area contributed by atoms with Crippen LogP contribution in [0.3, 0.4) is 0 Å². The van der Waals surface area contributed by atoms with Gasteiger partial charge in [-0.3, -0.25) is 19.3 Å². The van der Waals surface area contributed by atoms with Crippen LogP contribution in [0.5, 0.6) is 0 Å². The van der Waals surface area contributed by atoms with Gasteiger partial charge in [0.25, 0.3) is 11.8 Å². The molecule has 0 spiro atoms. The van der Waals surface area contributed by atoms with E-state index >= 15 is 0 Å². The minimum atomic E-state index is -0.498. The van der Waals surface area contributed by atoms with Gasteiger partial charge in [-0.2, -0.15) is 5.10 Å². The van der Waals surface area contributed by atoms with Crippen LogP contribution in [0.4, 0.5) is 5.69 Å². The van der Waals surface area contributed by atoms with Gasteiger partial charge >= 0.3 is 0 Å². The van der Waals surface area contributed by atoms with Crippen molar-refractivity contribution in [1.29, 1.82) is 0 Å². The molecular formula is C32H45N7O4. The first-order chi connectivity index (χ1) is 20.5. The first-order valence-electron chi connectivity index (χ1n) is 15.8. The number of amides is 3. The zero-order valence-electron chi connectivity index (χ0n) is 25.9. The highest BCUT2D eigenvalue weighted by atomic mass is 16.5. The standard InChI is InChI=1S/C32H45N7O4/c1-20-28-27(18-32(3,4)38(31(28)42)19-22-5-6-22)39(35-20)24-7-8-25(29(33)40)26(17-24)34-23-9-11-36(12-10-23)21(2)30(41)37-13-15-43-16-14-37/h7-8,17,21-23,34H,5-6,9-16,18-19H2,1-4H3,(H2,33,40). The molecule has 232 valence electrons. The van der Waals surface area contributed by atoms with Crippen LogP contribution in [0.1, 0.15) is 78.6 Å². The highest BCUT2D eigenvalue weighted by Gasteiger charge is 2.43. The van der Waals surface area contributed by atoms with Crippen LogP contribution in [-0.4, -0.2) is 106 Å². The molecule has 1 aliphatic carbocycles. The fraction of sp³-hybridized carbons (Fsp3) is 0.625. The number of benzene rings is 1. The second-order valence-corrected chi connectivity index (χ2v) is 13.3. The number of nitrogens with one attached hydrogen (secondary N) is 1. The maximum Gasteiger partial charge on any atom is 0.258 e. The number of nitrogens with two attached hydrogens (primary N) is 1. The van der Waals surface area contributed by atoms with Gasteiger partial charge in [0.15, 0.2) is 0 Å². The number of nitrogens with zero attached hydrogens (tertiary/aromatic N) is 5. The fourth-order valence-corrected chi connectivity index (χ4v) is 6.89. The lowest BCUT2D eigenvalue weighted by Gasteiger charge is -2.42. The minimum Gasteiger partial charge on any atom is -0.382 e. The molecule has 0 radical (unpaired) electrons. The predicted octanol–water partition coefficient (Wildman–Crippen LogP) is 2.59. The third kappa shape index (κ3) is 5.89. The van der Waals surface area contributed by atoms with Crippen molar-refractivity contribution in [2.45, 2.75) is 77.4 Å². The molecule has 2 saturated heterocycles. The molecule has 3 fully saturated rings. The molecule has 3 amide bonds. The first-order valence-corrected chi connectivity index (χ1v) is 15.8. The van der Waals surface area contributed by atoms with Gasteiger partial charge in [0.2, 0.25) is 5.91 Å². The normalized spacial score (nSPS) is 21.9. The van der Waals surface area contributed by atoms with Crippen LogP contribution in [0.15, 0.2) is 18.2 Å². The van der Waals surface area contributed by atoms with E-state index in [4.69, 9.17) is 15.6 Å². The molecule has 1 saturated carbocycles. The van der Waals surface area contributed by atoms with Gasteiger partial charge in [-0.05, 0) is 77.5 Å². The van der Waals surface area contributed by atoms with Gasteiger partial charge in [-0.15, -0.1) is 0 Å². The highest BCUT2D eigenvalue weighted by Crippen LogP contribution is 2.38. The monoisotopic (exact) mass is 591 g/mol. The van der Waals surface area contributed by atoms with Gasteiger partial charge < -0.3 is 25.6 Å². The van der Waals surface area contributed by atoms with Crippen molar-refractivity contribution in [3.05, 3.63) is 40.7 Å². The zero-order chi connectivity index (χ0) is 30.5. The number of piperidine rings is 1. The van der Waals surface area contributed by atoms with Crippen molar-refractivity contribution in [3.63, 3.8) is 0 Å². The number of ether oxygens (including phenoxy) is 1. The van der Waals surface area contributed by atoms with Crippen LogP contribution >= 0.6 is 0 Å². The number of morpholine rings is 1. The van der Waals surface area contributed by atoms with Crippen molar-refractivity contribution in [2.75, 3.05) is 51.3 Å². The number of primary amides is 1. The van der Waals surface area contributed by atoms with Gasteiger partial charge in [-0.1, -0.05) is 0 Å². The molecule has 4 heterocycles. The molecule has 3 aliphatic heterocycles. The summed E-state index contributed by atoms with van der Waals surface area (Å²) in [6, 6.07) is 5.48. The third-order valence-corrected chi connectivity index (χ3v) is 9.71. The summed E-state index contributed by atoms with van der Waals surface area (Å²) >= 11 is 0. The first kappa shape index (κ1) is 29.6. The van der Waals surface area contributed by atoms with Crippen LogP contribution in [0.25, 0.3) is 5.69 Å². The maximum absolute atomic E-state index is 13.7. The number of likely N-dealkylation sites (tertiary alicyclic amines) is 1. The predicted molar refractivity (Wildman–Crippen MR) is 163 cm³/mol. The van der Waals surface area contributed by atoms with E-state index in [2.05, 4.69) is 24.1 Å². The summed E-state index contributed by atoms with van der Waals surface area (Å²) in [5, 5.41) is 8.41. The Bertz CT molecular complexity index is 1400. The maximum atomic E-state index is 13.7. The molecule has 1 atom stereocenters. The Hall–Kier alpha value is -3.44. The third-order valence-electron chi connectivity index (χ3n) is 9.71. The number of hydrogen-bond donors (Lipinski definition) is 2. The lowest BCUT2D eigenvalue weighted by atomic mass is 9.87. The number of carbonyl (C=O) groups excluding carboxylic acids is 3. The zero-order valence-corrected chi connectivity index (χ0v) is 25.9. The largest absolute Gasteiger partial charge is 0.382 e. The Kier molecular flexibility index (Phi) is 7.97. The summed E-state index contributed by atoms with van der Waals surface area (Å²) in [7, 11) is 0. The number of aromatic nitrogens is 2. The topological polar surface area (TPSA) is 126 Å². The molecule has 6 rings (SSSR count). The highest BCUT2D eigenvalue weighted by molar-refractivity contribution is 6.00. The molecule has 1 aromatic carbocycles. The van der Waals surface area contributed by atoms with Crippen molar-refractivity contribution in [2.24, 2.45) is 11.7 Å². The Morgan fingerprint density at radius 3 is 2.47 bits per heavy atom. The van der Waals surface area contributed by atoms with E-state index in [1.807, 2.05) is 40.5 Å². The summed E-state index contributed by atoms with van der Waals surface area (Å²) in [4.78, 5) is 45.3. The van der Waals surface area contributed by atoms with Crippen LogP contribution < -0.4 is 11.1 Å². The minimum absolute atomic E-state index is 0.0575. The average molecular weight is 592 g/mol. The molecule has 4 aliphatic rings. The van der Waals surface area contributed by atoms with Crippen molar-refractivity contribution < 1.29 is 19.1 Å². The average Bonchev–Trinajstić information content (AvgIpc) is 3.76. The lowest BCUT2D eigenvalue weighted by molar-refractivity contribution is -0.140. The summed E-state index contributed by atoms with van der Waals surface area (Å²) in [5.41, 5.74) is 9.67. The van der Waals surface area contributed by atoms with Gasteiger partial charge in [0.1, 0.15) is 0 Å². The Morgan fingerprint density at radius 2 is 1.81 bits per heavy atom. The quantitative estimate of drug-likeness (QED) is 0.483. The number of anilines is 1. The Labute approximate surface area is 253 Å². The number of hydrogen-bond acceptors (Lipinski definition) is 7. The van der Waals surface area contributed by atoms with Gasteiger partial charge in [0, 0.05) is 56.4 Å². The van der Waals surface area contributed by atoms with E-state index < -0.39 is 5.91 Å². The molecule has 1 aromatic heterocycles. The second-order valence-electron chi connectivity index (χ2n) is 13.3. The fourth-order valence-electron chi connectivity index (χ4n) is 6.89. The molecule has 3 N–H and O–H groups in total. The van der Waals surface area contributed by atoms with E-state index in [-0.39, 0.29) is 29.4 Å². The van der Waals surface area contributed by atoms with E-state index in [0.29, 0.717) is 55.5 Å². The molecule has 0 bridgehead atoms. The molecular weight excluding hydrogens is 546 g/mol. The number of aryl methyl sites for hydroxylation is 1. The Balaban J connectivity index is 1.19. The Morgan fingerprint density at radius 1 is 1.12 bits per heavy atom. The number of rotatable bonds is 8. The van der Waals surface area contributed by atoms with Crippen molar-refractivity contribution in [1.82, 2.24) is 24.5 Å². The van der Waals surface area contributed by atoms with E-state index in [0.717, 1.165) is 49.6 Å². The van der Waals surface area contributed by atoms with Crippen LogP contribution in [0.2, 0.25) is 0 Å². The van der Waals surface area contributed by atoms with Crippen molar-refractivity contribution in [3.8, 4) is 5.69 Å². The molecule has 2 aromatic rings. The van der Waals surface area contributed by atoms with E-state index in [1.165, 1.54) is 12.8 Å². The number of fused-ring (bicyclic) bond motifs is 1. The lowest BCUT2D eigenvalue weighted by Crippen LogP contribution is -2.53. The summed E-state index contributed by atoms with van der Waals surface area (Å²) in [5.74, 6) is 0.327. The van der Waals surface area contributed by atoms with Crippen LogP contribution in [-0.2, 0) is 16.0 Å². The van der Waals surface area contributed by atoms with E-state index in [1.54, 1.807) is 6.07 Å². The smallest absolute Gasteiger partial charge is 0.258 e.